The summed E-state index contributed by atoms with van der Waals surface area (Å²) in [7, 11) is 6.77. The molecule has 0 aliphatic rings. The maximum Gasteiger partial charge on any atom is 0.162 e. The predicted octanol–water partition coefficient (Wildman–Crippen LogP) is 4.51. The number of rotatable bonds is 6. The number of ether oxygens (including phenoxy) is 3. The van der Waals surface area contributed by atoms with Gasteiger partial charge in [-0.05, 0) is 23.8 Å². The molecule has 0 saturated carbocycles. The second-order valence-electron chi connectivity index (χ2n) is 5.58. The van der Waals surface area contributed by atoms with E-state index in [1.54, 1.807) is 21.3 Å². The number of hydrogen-bond acceptors (Lipinski definition) is 4. The summed E-state index contributed by atoms with van der Waals surface area (Å²) in [6.07, 6.45) is 0. The molecule has 0 aliphatic heterocycles. The Balaban J connectivity index is 2.30. The van der Waals surface area contributed by atoms with Crippen LogP contribution in [0.3, 0.4) is 0 Å². The minimum absolute atomic E-state index is 0.571. The summed E-state index contributed by atoms with van der Waals surface area (Å²) in [5, 5.41) is 4.15. The minimum Gasteiger partial charge on any atom is -0.495 e. The van der Waals surface area contributed by atoms with Crippen molar-refractivity contribution in [3.63, 3.8) is 0 Å². The van der Waals surface area contributed by atoms with Crippen LogP contribution >= 0.6 is 0 Å². The fourth-order valence-electron chi connectivity index (χ4n) is 2.94. The maximum absolute atomic E-state index is 5.47. The van der Waals surface area contributed by atoms with Crippen molar-refractivity contribution in [2.24, 2.45) is 0 Å². The molecule has 5 heteroatoms. The van der Waals surface area contributed by atoms with E-state index in [0.717, 1.165) is 33.4 Å². The maximum atomic E-state index is 5.47. The SMILES string of the molecule is C=C(OC)c1[nH]c2cc(OC)c(OC)cc2c1-c1ccc(NC)cc1. The molecule has 2 aromatic carbocycles. The first-order valence-corrected chi connectivity index (χ1v) is 7.92. The smallest absolute Gasteiger partial charge is 0.162 e. The number of aromatic amines is 1. The van der Waals surface area contributed by atoms with Gasteiger partial charge in [-0.3, -0.25) is 0 Å². The van der Waals surface area contributed by atoms with E-state index in [0.29, 0.717) is 17.3 Å². The van der Waals surface area contributed by atoms with Gasteiger partial charge in [0.2, 0.25) is 0 Å². The summed E-state index contributed by atoms with van der Waals surface area (Å²) in [6, 6.07) is 12.1. The number of H-pyrrole nitrogens is 1. The molecule has 2 N–H and O–H groups in total. The highest BCUT2D eigenvalue weighted by molar-refractivity contribution is 6.02. The lowest BCUT2D eigenvalue weighted by Gasteiger charge is -2.10. The van der Waals surface area contributed by atoms with Gasteiger partial charge in [0.15, 0.2) is 11.5 Å². The van der Waals surface area contributed by atoms with Crippen molar-refractivity contribution in [1.29, 1.82) is 0 Å². The van der Waals surface area contributed by atoms with Crippen LogP contribution in [0.5, 0.6) is 11.5 Å². The van der Waals surface area contributed by atoms with E-state index in [4.69, 9.17) is 14.2 Å². The Kier molecular flexibility index (Phi) is 4.57. The van der Waals surface area contributed by atoms with E-state index in [-0.39, 0.29) is 0 Å². The largest absolute Gasteiger partial charge is 0.495 e. The molecule has 1 heterocycles. The van der Waals surface area contributed by atoms with E-state index >= 15 is 0 Å². The fraction of sp³-hybridized carbons (Fsp3) is 0.200. The van der Waals surface area contributed by atoms with Gasteiger partial charge in [0.1, 0.15) is 5.76 Å². The molecular weight excluding hydrogens is 316 g/mol. The molecule has 0 atom stereocenters. The van der Waals surface area contributed by atoms with E-state index in [2.05, 4.69) is 29.0 Å². The zero-order valence-corrected chi connectivity index (χ0v) is 14.9. The summed E-state index contributed by atoms with van der Waals surface area (Å²) >= 11 is 0. The van der Waals surface area contributed by atoms with Crippen LogP contribution in [0.2, 0.25) is 0 Å². The molecule has 0 radical (unpaired) electrons. The van der Waals surface area contributed by atoms with Gasteiger partial charge in [-0.25, -0.2) is 0 Å². The number of anilines is 1. The highest BCUT2D eigenvalue weighted by Gasteiger charge is 2.19. The Bertz CT molecular complexity index is 911. The van der Waals surface area contributed by atoms with Crippen molar-refractivity contribution in [3.8, 4) is 22.6 Å². The molecule has 0 saturated heterocycles. The Labute approximate surface area is 147 Å². The Hall–Kier alpha value is -3.08. The van der Waals surface area contributed by atoms with Crippen LogP contribution in [-0.4, -0.2) is 33.4 Å². The number of nitrogens with one attached hydrogen (secondary N) is 2. The van der Waals surface area contributed by atoms with E-state index in [9.17, 15) is 0 Å². The first-order chi connectivity index (χ1) is 12.1. The molecule has 130 valence electrons. The van der Waals surface area contributed by atoms with Gasteiger partial charge >= 0.3 is 0 Å². The highest BCUT2D eigenvalue weighted by Crippen LogP contribution is 2.41. The zero-order valence-electron chi connectivity index (χ0n) is 14.9. The second-order valence-corrected chi connectivity index (χ2v) is 5.58. The van der Waals surface area contributed by atoms with Gasteiger partial charge in [-0.15, -0.1) is 0 Å². The summed E-state index contributed by atoms with van der Waals surface area (Å²) < 4.78 is 16.3. The van der Waals surface area contributed by atoms with Gasteiger partial charge in [0, 0.05) is 29.8 Å². The topological polar surface area (TPSA) is 55.5 Å². The van der Waals surface area contributed by atoms with Crippen molar-refractivity contribution in [2.75, 3.05) is 33.7 Å². The predicted molar refractivity (Wildman–Crippen MR) is 102 cm³/mol. The van der Waals surface area contributed by atoms with Crippen molar-refractivity contribution >= 4 is 22.3 Å². The molecular formula is C20H22N2O3. The van der Waals surface area contributed by atoms with Crippen LogP contribution < -0.4 is 14.8 Å². The average molecular weight is 338 g/mol. The molecule has 3 rings (SSSR count). The molecule has 0 amide bonds. The Morgan fingerprint density at radius 3 is 2.20 bits per heavy atom. The first kappa shape index (κ1) is 16.8. The Morgan fingerprint density at radius 2 is 1.64 bits per heavy atom. The highest BCUT2D eigenvalue weighted by atomic mass is 16.5. The third-order valence-corrected chi connectivity index (χ3v) is 4.29. The standard InChI is InChI=1S/C20H22N2O3/c1-12(23-3)20-19(13-6-8-14(21-2)9-7-13)15-10-17(24-4)18(25-5)11-16(15)22-20/h6-11,21-22H,1H2,2-5H3. The second kappa shape index (κ2) is 6.81. The normalized spacial score (nSPS) is 10.6. The van der Waals surface area contributed by atoms with E-state index in [1.807, 2.05) is 31.3 Å². The van der Waals surface area contributed by atoms with Crippen molar-refractivity contribution < 1.29 is 14.2 Å². The van der Waals surface area contributed by atoms with Crippen LogP contribution in [0.4, 0.5) is 5.69 Å². The number of fused-ring (bicyclic) bond motifs is 1. The van der Waals surface area contributed by atoms with Gasteiger partial charge in [0.05, 0.1) is 32.5 Å². The molecule has 25 heavy (non-hydrogen) atoms. The van der Waals surface area contributed by atoms with Crippen LogP contribution in [0.25, 0.3) is 27.8 Å². The van der Waals surface area contributed by atoms with Crippen LogP contribution in [0.1, 0.15) is 5.69 Å². The third kappa shape index (κ3) is 2.89. The molecule has 0 bridgehead atoms. The van der Waals surface area contributed by atoms with Crippen LogP contribution in [0, 0.1) is 0 Å². The summed E-state index contributed by atoms with van der Waals surface area (Å²) in [5.74, 6) is 1.92. The van der Waals surface area contributed by atoms with E-state index in [1.165, 1.54) is 0 Å². The fourth-order valence-corrected chi connectivity index (χ4v) is 2.94. The summed E-state index contributed by atoms with van der Waals surface area (Å²) in [4.78, 5) is 3.39. The number of hydrogen-bond donors (Lipinski definition) is 2. The molecule has 0 spiro atoms. The van der Waals surface area contributed by atoms with Gasteiger partial charge in [-0.1, -0.05) is 18.7 Å². The zero-order chi connectivity index (χ0) is 18.0. The summed E-state index contributed by atoms with van der Waals surface area (Å²) in [6.45, 7) is 4.02. The molecule has 3 aromatic rings. The third-order valence-electron chi connectivity index (χ3n) is 4.29. The van der Waals surface area contributed by atoms with Gasteiger partial charge < -0.3 is 24.5 Å². The number of methoxy groups -OCH3 is 3. The summed E-state index contributed by atoms with van der Waals surface area (Å²) in [5.41, 5.74) is 4.90. The van der Waals surface area contributed by atoms with Crippen molar-refractivity contribution in [3.05, 3.63) is 48.7 Å². The molecule has 0 aliphatic carbocycles. The monoisotopic (exact) mass is 338 g/mol. The van der Waals surface area contributed by atoms with Gasteiger partial charge in [0.25, 0.3) is 0 Å². The van der Waals surface area contributed by atoms with Crippen molar-refractivity contribution in [2.45, 2.75) is 0 Å². The van der Waals surface area contributed by atoms with E-state index < -0.39 is 0 Å². The van der Waals surface area contributed by atoms with Crippen LogP contribution in [-0.2, 0) is 4.74 Å². The average Bonchev–Trinajstić information content (AvgIpc) is 3.04. The Morgan fingerprint density at radius 1 is 1.00 bits per heavy atom. The van der Waals surface area contributed by atoms with Crippen LogP contribution in [0.15, 0.2) is 43.0 Å². The molecule has 5 nitrogen and oxygen atoms in total. The van der Waals surface area contributed by atoms with Crippen molar-refractivity contribution in [1.82, 2.24) is 4.98 Å². The number of aromatic nitrogens is 1. The quantitative estimate of drug-likeness (QED) is 0.649. The van der Waals surface area contributed by atoms with Gasteiger partial charge in [-0.2, -0.15) is 0 Å². The minimum atomic E-state index is 0.571. The first-order valence-electron chi connectivity index (χ1n) is 7.92. The lowest BCUT2D eigenvalue weighted by Crippen LogP contribution is -1.91. The molecule has 0 unspecified atom stereocenters. The lowest BCUT2D eigenvalue weighted by molar-refractivity contribution is 0.356. The number of benzene rings is 2. The lowest BCUT2D eigenvalue weighted by atomic mass is 10.0. The molecule has 0 fully saturated rings. The molecule has 1 aromatic heterocycles.